The molecule has 0 bridgehead atoms. The van der Waals surface area contributed by atoms with Crippen LogP contribution in [-0.2, 0) is 14.3 Å². The summed E-state index contributed by atoms with van der Waals surface area (Å²) < 4.78 is 5.46. The third kappa shape index (κ3) is 3.71. The van der Waals surface area contributed by atoms with Gasteiger partial charge in [-0.3, -0.25) is 9.59 Å². The molecule has 0 aromatic heterocycles. The van der Waals surface area contributed by atoms with Crippen LogP contribution < -0.4 is 15.5 Å². The molecular weight excluding hydrogens is 294 g/mol. The molecule has 2 N–H and O–H groups in total. The van der Waals surface area contributed by atoms with Crippen molar-refractivity contribution in [2.24, 2.45) is 0 Å². The largest absolute Gasteiger partial charge is 0.366 e. The zero-order valence-corrected chi connectivity index (χ0v) is 13.4. The van der Waals surface area contributed by atoms with Crippen molar-refractivity contribution in [2.75, 3.05) is 31.1 Å². The minimum Gasteiger partial charge on any atom is -0.366 e. The first-order valence-electron chi connectivity index (χ1n) is 8.18. The van der Waals surface area contributed by atoms with Gasteiger partial charge in [0, 0.05) is 31.7 Å². The maximum absolute atomic E-state index is 12.2. The Bertz CT molecular complexity index is 567. The van der Waals surface area contributed by atoms with E-state index in [1.165, 1.54) is 0 Å². The first kappa shape index (κ1) is 16.0. The van der Waals surface area contributed by atoms with Gasteiger partial charge in [0.1, 0.15) is 6.10 Å². The van der Waals surface area contributed by atoms with Crippen LogP contribution >= 0.6 is 0 Å². The molecule has 2 unspecified atom stereocenters. The Morgan fingerprint density at radius 1 is 1.39 bits per heavy atom. The van der Waals surface area contributed by atoms with Crippen LogP contribution in [0.2, 0.25) is 0 Å². The average molecular weight is 317 g/mol. The highest BCUT2D eigenvalue weighted by molar-refractivity contribution is 5.95. The Morgan fingerprint density at radius 2 is 2.17 bits per heavy atom. The molecule has 23 heavy (non-hydrogen) atoms. The van der Waals surface area contributed by atoms with Crippen molar-refractivity contribution in [2.45, 2.75) is 31.9 Å². The van der Waals surface area contributed by atoms with Gasteiger partial charge in [0.25, 0.3) is 5.91 Å². The van der Waals surface area contributed by atoms with E-state index in [9.17, 15) is 9.59 Å². The van der Waals surface area contributed by atoms with Crippen LogP contribution in [0, 0.1) is 0 Å². The Labute approximate surface area is 136 Å². The standard InChI is InChI=1S/C17H23N3O3/c1-12(19-17(22)15-11-18-8-10-23-15)13-4-6-14(7-5-13)20-9-2-3-16(20)21/h4-7,12,15,18H,2-3,8-11H2,1H3,(H,19,22). The fourth-order valence-corrected chi connectivity index (χ4v) is 2.99. The minimum atomic E-state index is -0.423. The molecule has 0 spiro atoms. The Kier molecular flexibility index (Phi) is 4.93. The molecule has 6 heteroatoms. The summed E-state index contributed by atoms with van der Waals surface area (Å²) in [6.45, 7) is 4.64. The maximum Gasteiger partial charge on any atom is 0.250 e. The van der Waals surface area contributed by atoms with E-state index >= 15 is 0 Å². The van der Waals surface area contributed by atoms with E-state index in [-0.39, 0.29) is 17.9 Å². The lowest BCUT2D eigenvalue weighted by Crippen LogP contribution is -2.48. The Balaban J connectivity index is 1.59. The number of nitrogens with one attached hydrogen (secondary N) is 2. The molecule has 0 aliphatic carbocycles. The highest BCUT2D eigenvalue weighted by Crippen LogP contribution is 2.23. The fraction of sp³-hybridized carbons (Fsp3) is 0.529. The molecule has 0 radical (unpaired) electrons. The van der Waals surface area contributed by atoms with E-state index in [1.54, 1.807) is 0 Å². The normalized spacial score (nSPS) is 22.9. The average Bonchev–Trinajstić information content (AvgIpc) is 3.02. The van der Waals surface area contributed by atoms with E-state index in [0.29, 0.717) is 19.6 Å². The predicted molar refractivity (Wildman–Crippen MR) is 87.2 cm³/mol. The zero-order chi connectivity index (χ0) is 16.2. The van der Waals surface area contributed by atoms with Gasteiger partial charge in [-0.15, -0.1) is 0 Å². The monoisotopic (exact) mass is 317 g/mol. The van der Waals surface area contributed by atoms with Crippen LogP contribution in [0.5, 0.6) is 0 Å². The second kappa shape index (κ2) is 7.10. The molecule has 0 saturated carbocycles. The van der Waals surface area contributed by atoms with Crippen LogP contribution in [0.25, 0.3) is 0 Å². The molecule has 124 valence electrons. The second-order valence-electron chi connectivity index (χ2n) is 6.03. The van der Waals surface area contributed by atoms with Gasteiger partial charge in [0.05, 0.1) is 12.6 Å². The predicted octanol–water partition coefficient (Wildman–Crippen LogP) is 0.979. The first-order chi connectivity index (χ1) is 11.1. The summed E-state index contributed by atoms with van der Waals surface area (Å²) >= 11 is 0. The number of carbonyl (C=O) groups is 2. The molecule has 2 saturated heterocycles. The van der Waals surface area contributed by atoms with E-state index in [1.807, 2.05) is 36.1 Å². The summed E-state index contributed by atoms with van der Waals surface area (Å²) in [4.78, 5) is 25.7. The Hall–Kier alpha value is -1.92. The van der Waals surface area contributed by atoms with E-state index < -0.39 is 6.10 Å². The van der Waals surface area contributed by atoms with Gasteiger partial charge in [0.2, 0.25) is 5.91 Å². The topological polar surface area (TPSA) is 70.7 Å². The number of hydrogen-bond acceptors (Lipinski definition) is 4. The lowest BCUT2D eigenvalue weighted by Gasteiger charge is -2.25. The molecule has 2 atom stereocenters. The summed E-state index contributed by atoms with van der Waals surface area (Å²) in [7, 11) is 0. The first-order valence-corrected chi connectivity index (χ1v) is 8.18. The molecular formula is C17H23N3O3. The molecule has 1 aromatic rings. The SMILES string of the molecule is CC(NC(=O)C1CNCCO1)c1ccc(N2CCCC2=O)cc1. The molecule has 1 aromatic carbocycles. The number of hydrogen-bond donors (Lipinski definition) is 2. The highest BCUT2D eigenvalue weighted by Gasteiger charge is 2.24. The van der Waals surface area contributed by atoms with Gasteiger partial charge in [-0.05, 0) is 31.0 Å². The highest BCUT2D eigenvalue weighted by atomic mass is 16.5. The second-order valence-corrected chi connectivity index (χ2v) is 6.03. The van der Waals surface area contributed by atoms with Crippen LogP contribution in [0.15, 0.2) is 24.3 Å². The molecule has 2 aliphatic heterocycles. The smallest absolute Gasteiger partial charge is 0.250 e. The summed E-state index contributed by atoms with van der Waals surface area (Å²) in [5, 5.41) is 6.13. The molecule has 2 aliphatic rings. The summed E-state index contributed by atoms with van der Waals surface area (Å²) in [5.74, 6) is 0.0875. The third-order valence-corrected chi connectivity index (χ3v) is 4.36. The maximum atomic E-state index is 12.2. The van der Waals surface area contributed by atoms with Crippen molar-refractivity contribution < 1.29 is 14.3 Å². The zero-order valence-electron chi connectivity index (χ0n) is 13.4. The molecule has 6 nitrogen and oxygen atoms in total. The minimum absolute atomic E-state index is 0.0940. The van der Waals surface area contributed by atoms with Crippen molar-refractivity contribution in [1.29, 1.82) is 0 Å². The van der Waals surface area contributed by atoms with Crippen molar-refractivity contribution in [3.8, 4) is 0 Å². The van der Waals surface area contributed by atoms with Crippen LogP contribution in [-0.4, -0.2) is 44.2 Å². The van der Waals surface area contributed by atoms with Gasteiger partial charge in [-0.2, -0.15) is 0 Å². The van der Waals surface area contributed by atoms with Crippen LogP contribution in [0.4, 0.5) is 5.69 Å². The number of anilines is 1. The third-order valence-electron chi connectivity index (χ3n) is 4.36. The molecule has 3 rings (SSSR count). The van der Waals surface area contributed by atoms with Gasteiger partial charge in [0.15, 0.2) is 0 Å². The number of benzene rings is 1. The lowest BCUT2D eigenvalue weighted by molar-refractivity contribution is -0.134. The summed E-state index contributed by atoms with van der Waals surface area (Å²) in [5.41, 5.74) is 1.94. The number of nitrogens with zero attached hydrogens (tertiary/aromatic N) is 1. The summed E-state index contributed by atoms with van der Waals surface area (Å²) in [6, 6.07) is 7.72. The summed E-state index contributed by atoms with van der Waals surface area (Å²) in [6.07, 6.45) is 1.12. The fourth-order valence-electron chi connectivity index (χ4n) is 2.99. The van der Waals surface area contributed by atoms with Gasteiger partial charge in [-0.25, -0.2) is 0 Å². The van der Waals surface area contributed by atoms with E-state index in [2.05, 4.69) is 10.6 Å². The number of amides is 2. The van der Waals surface area contributed by atoms with Crippen molar-refractivity contribution in [3.63, 3.8) is 0 Å². The molecule has 2 amide bonds. The molecule has 2 fully saturated rings. The van der Waals surface area contributed by atoms with E-state index in [4.69, 9.17) is 4.74 Å². The van der Waals surface area contributed by atoms with Crippen molar-refractivity contribution in [3.05, 3.63) is 29.8 Å². The Morgan fingerprint density at radius 3 is 2.78 bits per heavy atom. The quantitative estimate of drug-likeness (QED) is 0.868. The van der Waals surface area contributed by atoms with Crippen LogP contribution in [0.1, 0.15) is 31.4 Å². The number of carbonyl (C=O) groups excluding carboxylic acids is 2. The van der Waals surface area contributed by atoms with Crippen LogP contribution in [0.3, 0.4) is 0 Å². The number of ether oxygens (including phenoxy) is 1. The van der Waals surface area contributed by atoms with Gasteiger partial charge < -0.3 is 20.3 Å². The number of morpholine rings is 1. The van der Waals surface area contributed by atoms with E-state index in [0.717, 1.165) is 30.8 Å². The number of rotatable bonds is 4. The van der Waals surface area contributed by atoms with Crippen molar-refractivity contribution >= 4 is 17.5 Å². The van der Waals surface area contributed by atoms with Gasteiger partial charge in [-0.1, -0.05) is 12.1 Å². The van der Waals surface area contributed by atoms with Gasteiger partial charge >= 0.3 is 0 Å². The van der Waals surface area contributed by atoms with Crippen molar-refractivity contribution in [1.82, 2.24) is 10.6 Å². The lowest BCUT2D eigenvalue weighted by atomic mass is 10.1. The molecule has 2 heterocycles.